The minimum absolute atomic E-state index is 0.363. The molecule has 1 aromatic heterocycles. The van der Waals surface area contributed by atoms with Crippen LogP contribution in [-0.4, -0.2) is 20.9 Å². The van der Waals surface area contributed by atoms with E-state index in [1.807, 2.05) is 42.8 Å². The third-order valence-corrected chi connectivity index (χ3v) is 4.07. The molecule has 0 radical (unpaired) electrons. The lowest BCUT2D eigenvalue weighted by atomic mass is 10.1. The van der Waals surface area contributed by atoms with E-state index in [4.69, 9.17) is 0 Å². The van der Waals surface area contributed by atoms with Gasteiger partial charge in [-0.2, -0.15) is 5.10 Å². The van der Waals surface area contributed by atoms with Gasteiger partial charge in [-0.3, -0.25) is 4.68 Å². The van der Waals surface area contributed by atoms with Crippen LogP contribution in [0.1, 0.15) is 41.2 Å². The second-order valence-corrected chi connectivity index (χ2v) is 5.38. The van der Waals surface area contributed by atoms with Crippen LogP contribution in [0.3, 0.4) is 0 Å². The van der Waals surface area contributed by atoms with Gasteiger partial charge in [0.05, 0.1) is 17.9 Å². The number of aryl methyl sites for hydroxylation is 1. The zero-order valence-corrected chi connectivity index (χ0v) is 13.1. The molecule has 0 saturated heterocycles. The summed E-state index contributed by atoms with van der Waals surface area (Å²) in [6.07, 6.45) is 1.27. The standard InChI is InChI=1S/C15H17BrN2O2/c1-3-12-14(15(19)20)13(4-2)18(17-12)9-10-7-5-6-8-11(10)16/h5-8H,3-4,9H2,1-2H3,(H,19,20). The lowest BCUT2D eigenvalue weighted by molar-refractivity contribution is 0.0694. The topological polar surface area (TPSA) is 55.1 Å². The molecule has 0 unspecified atom stereocenters. The minimum Gasteiger partial charge on any atom is -0.478 e. The molecule has 2 aromatic rings. The molecule has 0 saturated carbocycles. The molecule has 5 heteroatoms. The first-order valence-corrected chi connectivity index (χ1v) is 7.43. The summed E-state index contributed by atoms with van der Waals surface area (Å²) in [5, 5.41) is 13.9. The molecule has 1 heterocycles. The number of nitrogens with zero attached hydrogens (tertiary/aromatic N) is 2. The van der Waals surface area contributed by atoms with Gasteiger partial charge in [0.15, 0.2) is 0 Å². The molecule has 0 aliphatic carbocycles. The zero-order valence-electron chi connectivity index (χ0n) is 11.6. The summed E-state index contributed by atoms with van der Waals surface area (Å²) in [7, 11) is 0. The second kappa shape index (κ2) is 6.22. The number of hydrogen-bond donors (Lipinski definition) is 1. The maximum Gasteiger partial charge on any atom is 0.339 e. The minimum atomic E-state index is -0.892. The Bertz CT molecular complexity index is 635. The van der Waals surface area contributed by atoms with E-state index in [0.717, 1.165) is 15.7 Å². The van der Waals surface area contributed by atoms with Crippen molar-refractivity contribution in [2.75, 3.05) is 0 Å². The highest BCUT2D eigenvalue weighted by molar-refractivity contribution is 9.10. The molecule has 0 spiro atoms. The van der Waals surface area contributed by atoms with E-state index >= 15 is 0 Å². The van der Waals surface area contributed by atoms with Gasteiger partial charge in [-0.05, 0) is 24.5 Å². The van der Waals surface area contributed by atoms with Crippen molar-refractivity contribution in [2.24, 2.45) is 0 Å². The van der Waals surface area contributed by atoms with E-state index in [9.17, 15) is 9.90 Å². The molecule has 0 bridgehead atoms. The Morgan fingerprint density at radius 2 is 2.00 bits per heavy atom. The van der Waals surface area contributed by atoms with Gasteiger partial charge in [0.25, 0.3) is 0 Å². The second-order valence-electron chi connectivity index (χ2n) is 4.53. The summed E-state index contributed by atoms with van der Waals surface area (Å²) in [5.41, 5.74) is 2.89. The molecule has 0 aliphatic rings. The van der Waals surface area contributed by atoms with Crippen molar-refractivity contribution in [3.8, 4) is 0 Å². The van der Waals surface area contributed by atoms with Gasteiger partial charge in [0.1, 0.15) is 5.56 Å². The van der Waals surface area contributed by atoms with Crippen molar-refractivity contribution >= 4 is 21.9 Å². The van der Waals surface area contributed by atoms with Gasteiger partial charge in [-0.15, -0.1) is 0 Å². The Hall–Kier alpha value is -1.62. The van der Waals surface area contributed by atoms with E-state index < -0.39 is 5.97 Å². The number of aromatic carboxylic acids is 1. The fourth-order valence-corrected chi connectivity index (χ4v) is 2.73. The average molecular weight is 337 g/mol. The van der Waals surface area contributed by atoms with E-state index in [1.165, 1.54) is 0 Å². The van der Waals surface area contributed by atoms with E-state index in [-0.39, 0.29) is 0 Å². The lowest BCUT2D eigenvalue weighted by Gasteiger charge is -2.08. The highest BCUT2D eigenvalue weighted by Crippen LogP contribution is 2.21. The number of benzene rings is 1. The summed E-state index contributed by atoms with van der Waals surface area (Å²) in [6.45, 7) is 4.46. The molecule has 0 amide bonds. The molecule has 0 atom stereocenters. The van der Waals surface area contributed by atoms with Crippen molar-refractivity contribution in [2.45, 2.75) is 33.2 Å². The Morgan fingerprint density at radius 3 is 2.55 bits per heavy atom. The monoisotopic (exact) mass is 336 g/mol. The molecular formula is C15H17BrN2O2. The first-order chi connectivity index (χ1) is 9.58. The summed E-state index contributed by atoms with van der Waals surface area (Å²) >= 11 is 3.51. The largest absolute Gasteiger partial charge is 0.478 e. The summed E-state index contributed by atoms with van der Waals surface area (Å²) in [6, 6.07) is 7.91. The average Bonchev–Trinajstić information content (AvgIpc) is 2.79. The van der Waals surface area contributed by atoms with Crippen molar-refractivity contribution < 1.29 is 9.90 Å². The number of rotatable bonds is 5. The molecule has 0 fully saturated rings. The van der Waals surface area contributed by atoms with Crippen LogP contribution in [0.15, 0.2) is 28.7 Å². The Balaban J connectivity index is 2.47. The van der Waals surface area contributed by atoms with Gasteiger partial charge in [0, 0.05) is 4.47 Å². The predicted molar refractivity (Wildman–Crippen MR) is 81.2 cm³/mol. The first-order valence-electron chi connectivity index (χ1n) is 6.63. The van der Waals surface area contributed by atoms with Crippen LogP contribution >= 0.6 is 15.9 Å². The number of carboxylic acids is 1. The van der Waals surface area contributed by atoms with Gasteiger partial charge in [-0.25, -0.2) is 4.79 Å². The van der Waals surface area contributed by atoms with Gasteiger partial charge in [0.2, 0.25) is 0 Å². The molecule has 20 heavy (non-hydrogen) atoms. The summed E-state index contributed by atoms with van der Waals surface area (Å²) < 4.78 is 2.81. The van der Waals surface area contributed by atoms with Gasteiger partial charge >= 0.3 is 5.97 Å². The SMILES string of the molecule is CCc1nn(Cc2ccccc2Br)c(CC)c1C(=O)O. The number of carbonyl (C=O) groups is 1. The van der Waals surface area contributed by atoms with Crippen LogP contribution in [0.25, 0.3) is 0 Å². The van der Waals surface area contributed by atoms with Crippen LogP contribution in [0.2, 0.25) is 0 Å². The lowest BCUT2D eigenvalue weighted by Crippen LogP contribution is -2.08. The molecule has 0 aliphatic heterocycles. The molecule has 2 rings (SSSR count). The highest BCUT2D eigenvalue weighted by atomic mass is 79.9. The van der Waals surface area contributed by atoms with Crippen LogP contribution in [0.5, 0.6) is 0 Å². The summed E-state index contributed by atoms with van der Waals surface area (Å²) in [4.78, 5) is 11.4. The van der Waals surface area contributed by atoms with E-state index in [1.54, 1.807) is 0 Å². The fraction of sp³-hybridized carbons (Fsp3) is 0.333. The molecule has 4 nitrogen and oxygen atoms in total. The van der Waals surface area contributed by atoms with E-state index in [2.05, 4.69) is 21.0 Å². The number of hydrogen-bond acceptors (Lipinski definition) is 2. The first kappa shape index (κ1) is 14.8. The summed E-state index contributed by atoms with van der Waals surface area (Å²) in [5.74, 6) is -0.892. The molecule has 1 N–H and O–H groups in total. The van der Waals surface area contributed by atoms with Crippen molar-refractivity contribution in [3.05, 3.63) is 51.3 Å². The molecule has 1 aromatic carbocycles. The quantitative estimate of drug-likeness (QED) is 0.908. The maximum absolute atomic E-state index is 11.4. The zero-order chi connectivity index (χ0) is 14.7. The Labute approximate surface area is 126 Å². The number of halogens is 1. The van der Waals surface area contributed by atoms with E-state index in [0.29, 0.717) is 30.6 Å². The van der Waals surface area contributed by atoms with Gasteiger partial charge in [-0.1, -0.05) is 48.0 Å². The highest BCUT2D eigenvalue weighted by Gasteiger charge is 2.21. The fourth-order valence-electron chi connectivity index (χ4n) is 2.32. The van der Waals surface area contributed by atoms with Crippen LogP contribution < -0.4 is 0 Å². The Kier molecular flexibility index (Phi) is 4.60. The Morgan fingerprint density at radius 1 is 1.30 bits per heavy atom. The van der Waals surface area contributed by atoms with Crippen LogP contribution in [0, 0.1) is 0 Å². The smallest absolute Gasteiger partial charge is 0.339 e. The van der Waals surface area contributed by atoms with Crippen molar-refractivity contribution in [1.82, 2.24) is 9.78 Å². The van der Waals surface area contributed by atoms with Crippen molar-refractivity contribution in [3.63, 3.8) is 0 Å². The molecule has 106 valence electrons. The van der Waals surface area contributed by atoms with Crippen LogP contribution in [-0.2, 0) is 19.4 Å². The number of aromatic nitrogens is 2. The normalized spacial score (nSPS) is 10.8. The predicted octanol–water partition coefficient (Wildman–Crippen LogP) is 3.52. The van der Waals surface area contributed by atoms with Crippen molar-refractivity contribution in [1.29, 1.82) is 0 Å². The molecular weight excluding hydrogens is 320 g/mol. The third-order valence-electron chi connectivity index (χ3n) is 3.29. The third kappa shape index (κ3) is 2.77. The maximum atomic E-state index is 11.4. The van der Waals surface area contributed by atoms with Gasteiger partial charge < -0.3 is 5.11 Å². The number of carboxylic acid groups (broad SMARTS) is 1. The van der Waals surface area contributed by atoms with Crippen LogP contribution in [0.4, 0.5) is 0 Å².